The third kappa shape index (κ3) is 3.29. The number of rotatable bonds is 5. The second-order valence-electron chi connectivity index (χ2n) is 6.80. The summed E-state index contributed by atoms with van der Waals surface area (Å²) in [5, 5.41) is 4.02. The molecule has 1 saturated heterocycles. The number of hydrogen-bond acceptors (Lipinski definition) is 4. The second kappa shape index (κ2) is 6.51. The van der Waals surface area contributed by atoms with Gasteiger partial charge in [-0.15, -0.1) is 0 Å². The minimum Gasteiger partial charge on any atom is -0.382 e. The molecule has 5 nitrogen and oxygen atoms in total. The first-order valence-corrected chi connectivity index (χ1v) is 8.57. The third-order valence-electron chi connectivity index (χ3n) is 4.85. The van der Waals surface area contributed by atoms with E-state index in [0.29, 0.717) is 29.7 Å². The molecule has 2 heterocycles. The van der Waals surface area contributed by atoms with Crippen molar-refractivity contribution in [2.24, 2.45) is 11.1 Å². The highest BCUT2D eigenvalue weighted by atomic mass is 19.1. The number of hydrogen-bond donors (Lipinski definition) is 0. The fraction of sp³-hybridized carbons (Fsp3) is 0.556. The molecule has 128 valence electrons. The van der Waals surface area contributed by atoms with Gasteiger partial charge in [-0.3, -0.25) is 4.79 Å². The van der Waals surface area contributed by atoms with Crippen LogP contribution in [0.5, 0.6) is 0 Å². The van der Waals surface area contributed by atoms with Gasteiger partial charge in [0.2, 0.25) is 6.10 Å². The van der Waals surface area contributed by atoms with Crippen LogP contribution in [0, 0.1) is 11.7 Å². The first-order valence-electron chi connectivity index (χ1n) is 8.57. The molecule has 0 unspecified atom stereocenters. The Morgan fingerprint density at radius 3 is 2.92 bits per heavy atom. The Hall–Kier alpha value is -1.95. The number of benzene rings is 1. The van der Waals surface area contributed by atoms with Crippen molar-refractivity contribution in [3.8, 4) is 0 Å². The molecule has 1 aromatic rings. The fourth-order valence-corrected chi connectivity index (χ4v) is 3.34. The van der Waals surface area contributed by atoms with E-state index < -0.39 is 6.10 Å². The summed E-state index contributed by atoms with van der Waals surface area (Å²) in [4.78, 5) is 20.2. The zero-order valence-electron chi connectivity index (χ0n) is 13.5. The van der Waals surface area contributed by atoms with E-state index in [1.54, 1.807) is 12.1 Å². The predicted molar refractivity (Wildman–Crippen MR) is 86.1 cm³/mol. The maximum absolute atomic E-state index is 13.4. The van der Waals surface area contributed by atoms with Gasteiger partial charge in [0.15, 0.2) is 0 Å². The summed E-state index contributed by atoms with van der Waals surface area (Å²) in [5.41, 5.74) is 1.31. The lowest BCUT2D eigenvalue weighted by Crippen LogP contribution is -2.43. The van der Waals surface area contributed by atoms with Crippen LogP contribution in [0.15, 0.2) is 29.4 Å². The number of carbonyl (C=O) groups is 1. The number of ether oxygens (including phenoxy) is 1. The van der Waals surface area contributed by atoms with Gasteiger partial charge in [-0.2, -0.15) is 0 Å². The highest BCUT2D eigenvalue weighted by Gasteiger charge is 2.40. The van der Waals surface area contributed by atoms with Crippen molar-refractivity contribution in [3.63, 3.8) is 0 Å². The van der Waals surface area contributed by atoms with Crippen molar-refractivity contribution in [2.45, 2.75) is 37.8 Å². The zero-order valence-corrected chi connectivity index (χ0v) is 13.5. The molecule has 0 radical (unpaired) electrons. The highest BCUT2D eigenvalue weighted by molar-refractivity contribution is 6.04. The molecule has 1 saturated carbocycles. The van der Waals surface area contributed by atoms with Crippen molar-refractivity contribution in [1.82, 2.24) is 4.90 Å². The van der Waals surface area contributed by atoms with Gasteiger partial charge in [0, 0.05) is 37.1 Å². The SMILES string of the molecule is O=C([C@H]1CC(c2cccc(F)c2)=NO1)N(C[C@@H]1CCOC1)C1CC1. The van der Waals surface area contributed by atoms with E-state index in [1.807, 2.05) is 4.90 Å². The quantitative estimate of drug-likeness (QED) is 0.832. The Balaban J connectivity index is 1.41. The molecule has 0 aromatic heterocycles. The van der Waals surface area contributed by atoms with Gasteiger partial charge in [0.25, 0.3) is 5.91 Å². The van der Waals surface area contributed by atoms with Gasteiger partial charge in [0.05, 0.1) is 12.3 Å². The lowest BCUT2D eigenvalue weighted by atomic mass is 10.0. The molecule has 1 aliphatic carbocycles. The standard InChI is InChI=1S/C18H21FN2O3/c19-14-3-1-2-13(8-14)16-9-17(24-20-16)18(22)21(15-4-5-15)10-12-6-7-23-11-12/h1-3,8,12,15,17H,4-7,9-11H2/t12-,17+/m0/s1. The van der Waals surface area contributed by atoms with Gasteiger partial charge in [0.1, 0.15) is 5.82 Å². The van der Waals surface area contributed by atoms with Gasteiger partial charge in [-0.25, -0.2) is 4.39 Å². The number of carbonyl (C=O) groups excluding carboxylic acids is 1. The molecule has 0 bridgehead atoms. The maximum Gasteiger partial charge on any atom is 0.267 e. The smallest absolute Gasteiger partial charge is 0.267 e. The molecular weight excluding hydrogens is 311 g/mol. The molecule has 4 rings (SSSR count). The van der Waals surface area contributed by atoms with Crippen LogP contribution in [0.25, 0.3) is 0 Å². The molecule has 24 heavy (non-hydrogen) atoms. The lowest BCUT2D eigenvalue weighted by Gasteiger charge is -2.26. The lowest BCUT2D eigenvalue weighted by molar-refractivity contribution is -0.143. The Morgan fingerprint density at radius 2 is 2.21 bits per heavy atom. The van der Waals surface area contributed by atoms with Crippen LogP contribution in [0.2, 0.25) is 0 Å². The van der Waals surface area contributed by atoms with E-state index in [0.717, 1.165) is 39.0 Å². The second-order valence-corrected chi connectivity index (χ2v) is 6.80. The average molecular weight is 332 g/mol. The predicted octanol–water partition coefficient (Wildman–Crippen LogP) is 2.35. The Labute approximate surface area is 140 Å². The van der Waals surface area contributed by atoms with Gasteiger partial charge in [-0.1, -0.05) is 17.3 Å². The van der Waals surface area contributed by atoms with Crippen LogP contribution in [0.4, 0.5) is 4.39 Å². The van der Waals surface area contributed by atoms with E-state index in [1.165, 1.54) is 12.1 Å². The summed E-state index contributed by atoms with van der Waals surface area (Å²) in [6.45, 7) is 2.25. The molecular formula is C18H21FN2O3. The normalized spacial score (nSPS) is 26.1. The van der Waals surface area contributed by atoms with E-state index in [2.05, 4.69) is 5.16 Å². The Morgan fingerprint density at radius 1 is 1.33 bits per heavy atom. The molecule has 1 aromatic carbocycles. The largest absolute Gasteiger partial charge is 0.382 e. The number of halogens is 1. The summed E-state index contributed by atoms with van der Waals surface area (Å²) in [6, 6.07) is 6.57. The summed E-state index contributed by atoms with van der Waals surface area (Å²) in [7, 11) is 0. The number of oxime groups is 1. The molecule has 3 aliphatic rings. The van der Waals surface area contributed by atoms with E-state index in [4.69, 9.17) is 9.57 Å². The van der Waals surface area contributed by atoms with E-state index >= 15 is 0 Å². The Kier molecular flexibility index (Phi) is 4.22. The van der Waals surface area contributed by atoms with Crippen molar-refractivity contribution < 1.29 is 18.8 Å². The molecule has 6 heteroatoms. The van der Waals surface area contributed by atoms with Crippen molar-refractivity contribution in [3.05, 3.63) is 35.6 Å². The molecule has 2 aliphatic heterocycles. The van der Waals surface area contributed by atoms with Crippen molar-refractivity contribution in [2.75, 3.05) is 19.8 Å². The molecule has 2 fully saturated rings. The average Bonchev–Trinajstić information content (AvgIpc) is 3.10. The summed E-state index contributed by atoms with van der Waals surface area (Å²) in [5.74, 6) is 0.102. The van der Waals surface area contributed by atoms with Gasteiger partial charge >= 0.3 is 0 Å². The first kappa shape index (κ1) is 15.6. The zero-order chi connectivity index (χ0) is 16.5. The monoisotopic (exact) mass is 332 g/mol. The number of nitrogens with zero attached hydrogens (tertiary/aromatic N) is 2. The van der Waals surface area contributed by atoms with Crippen LogP contribution in [0.3, 0.4) is 0 Å². The molecule has 2 atom stereocenters. The maximum atomic E-state index is 13.4. The van der Waals surface area contributed by atoms with Crippen LogP contribution in [-0.2, 0) is 14.4 Å². The third-order valence-corrected chi connectivity index (χ3v) is 4.85. The summed E-state index contributed by atoms with van der Waals surface area (Å²) >= 11 is 0. The Bertz CT molecular complexity index is 653. The summed E-state index contributed by atoms with van der Waals surface area (Å²) in [6.07, 6.45) is 2.93. The van der Waals surface area contributed by atoms with Crippen LogP contribution in [-0.4, -0.2) is 48.4 Å². The van der Waals surface area contributed by atoms with Gasteiger partial charge < -0.3 is 14.5 Å². The van der Waals surface area contributed by atoms with Crippen molar-refractivity contribution in [1.29, 1.82) is 0 Å². The molecule has 0 spiro atoms. The minimum absolute atomic E-state index is 0.000414. The molecule has 1 amide bonds. The summed E-state index contributed by atoms with van der Waals surface area (Å²) < 4.78 is 18.8. The van der Waals surface area contributed by atoms with E-state index in [9.17, 15) is 9.18 Å². The highest BCUT2D eigenvalue weighted by Crippen LogP contribution is 2.31. The van der Waals surface area contributed by atoms with Gasteiger partial charge in [-0.05, 0) is 31.4 Å². The number of amides is 1. The first-order chi connectivity index (χ1) is 11.7. The molecule has 0 N–H and O–H groups in total. The van der Waals surface area contributed by atoms with Crippen LogP contribution < -0.4 is 0 Å². The minimum atomic E-state index is -0.591. The van der Waals surface area contributed by atoms with Crippen LogP contribution >= 0.6 is 0 Å². The van der Waals surface area contributed by atoms with Crippen molar-refractivity contribution >= 4 is 11.6 Å². The van der Waals surface area contributed by atoms with E-state index in [-0.39, 0.29) is 11.7 Å². The fourth-order valence-electron chi connectivity index (χ4n) is 3.34. The van der Waals surface area contributed by atoms with Crippen LogP contribution in [0.1, 0.15) is 31.2 Å². The topological polar surface area (TPSA) is 51.1 Å².